The first-order valence-corrected chi connectivity index (χ1v) is 6.89. The Labute approximate surface area is 105 Å². The number of aromatic nitrogens is 1. The van der Waals surface area contributed by atoms with Crippen molar-refractivity contribution in [2.24, 2.45) is 23.7 Å². The van der Waals surface area contributed by atoms with Gasteiger partial charge < -0.3 is 9.52 Å². The van der Waals surface area contributed by atoms with Gasteiger partial charge in [0.2, 0.25) is 0 Å². The summed E-state index contributed by atoms with van der Waals surface area (Å²) in [7, 11) is 0. The third-order valence-electron chi connectivity index (χ3n) is 5.25. The quantitative estimate of drug-likeness (QED) is 0.872. The zero-order valence-corrected chi connectivity index (χ0v) is 10.2. The van der Waals surface area contributed by atoms with Crippen LogP contribution in [-0.2, 0) is 0 Å². The van der Waals surface area contributed by atoms with E-state index in [1.165, 1.54) is 38.4 Å². The van der Waals surface area contributed by atoms with E-state index in [-0.39, 0.29) is 5.69 Å². The van der Waals surface area contributed by atoms with Gasteiger partial charge in [-0.05, 0) is 55.8 Å². The molecule has 1 aromatic rings. The van der Waals surface area contributed by atoms with Gasteiger partial charge in [0.15, 0.2) is 11.6 Å². The molecule has 18 heavy (non-hydrogen) atoms. The van der Waals surface area contributed by atoms with Crippen LogP contribution < -0.4 is 0 Å². The summed E-state index contributed by atoms with van der Waals surface area (Å²) in [5, 5.41) is 8.93. The molecule has 1 N–H and O–H groups in total. The van der Waals surface area contributed by atoms with Crippen LogP contribution in [0.2, 0.25) is 0 Å². The number of carboxylic acid groups (broad SMARTS) is 1. The smallest absolute Gasteiger partial charge is 0.357 e. The Morgan fingerprint density at radius 1 is 1.17 bits per heavy atom. The van der Waals surface area contributed by atoms with E-state index in [0.29, 0.717) is 23.6 Å². The lowest BCUT2D eigenvalue weighted by atomic mass is 9.52. The number of hydrogen-bond donors (Lipinski definition) is 1. The number of oxazole rings is 1. The Hall–Kier alpha value is -1.32. The molecule has 4 aliphatic rings. The van der Waals surface area contributed by atoms with E-state index in [2.05, 4.69) is 4.98 Å². The molecule has 4 fully saturated rings. The molecule has 0 unspecified atom stereocenters. The molecule has 4 saturated carbocycles. The summed E-state index contributed by atoms with van der Waals surface area (Å²) in [5.41, 5.74) is 0.0545. The van der Waals surface area contributed by atoms with Gasteiger partial charge in [-0.2, -0.15) is 0 Å². The van der Waals surface area contributed by atoms with E-state index in [4.69, 9.17) is 9.52 Å². The van der Waals surface area contributed by atoms with Crippen LogP contribution in [-0.4, -0.2) is 16.1 Å². The molecule has 5 rings (SSSR count). The van der Waals surface area contributed by atoms with Gasteiger partial charge in [-0.1, -0.05) is 0 Å². The fourth-order valence-corrected chi connectivity index (χ4v) is 4.87. The molecule has 0 amide bonds. The second-order valence-electron chi connectivity index (χ2n) is 6.33. The lowest BCUT2D eigenvalue weighted by molar-refractivity contribution is -0.0114. The Balaban J connectivity index is 1.66. The standard InChI is InChI=1S/C14H17NO3/c16-14(17)11-6-18-13(15-11)12-9-2-7-1-8(4-9)5-10(12)3-7/h6-10,12H,1-5H2,(H,16,17). The molecule has 0 aliphatic heterocycles. The molecule has 96 valence electrons. The zero-order valence-electron chi connectivity index (χ0n) is 10.2. The van der Waals surface area contributed by atoms with Crippen molar-refractivity contribution in [3.8, 4) is 0 Å². The minimum Gasteiger partial charge on any atom is -0.476 e. The molecular formula is C14H17NO3. The van der Waals surface area contributed by atoms with Crippen molar-refractivity contribution in [3.05, 3.63) is 17.8 Å². The van der Waals surface area contributed by atoms with E-state index in [1.807, 2.05) is 0 Å². The lowest BCUT2D eigenvalue weighted by Crippen LogP contribution is -2.43. The Morgan fingerprint density at radius 3 is 2.28 bits per heavy atom. The summed E-state index contributed by atoms with van der Waals surface area (Å²) in [6.45, 7) is 0. The summed E-state index contributed by atoms with van der Waals surface area (Å²) >= 11 is 0. The molecule has 0 atom stereocenters. The lowest BCUT2D eigenvalue weighted by Gasteiger charge is -2.53. The van der Waals surface area contributed by atoms with Crippen molar-refractivity contribution in [2.75, 3.05) is 0 Å². The molecule has 4 bridgehead atoms. The fourth-order valence-electron chi connectivity index (χ4n) is 4.87. The number of hydrogen-bond acceptors (Lipinski definition) is 3. The number of aromatic carboxylic acids is 1. The number of nitrogens with zero attached hydrogens (tertiary/aromatic N) is 1. The first kappa shape index (κ1) is 10.6. The van der Waals surface area contributed by atoms with Gasteiger partial charge in [-0.25, -0.2) is 9.78 Å². The third-order valence-corrected chi connectivity index (χ3v) is 5.25. The third kappa shape index (κ3) is 1.44. The molecule has 0 aromatic carbocycles. The number of carbonyl (C=O) groups is 1. The molecular weight excluding hydrogens is 230 g/mol. The van der Waals surface area contributed by atoms with Crippen molar-refractivity contribution >= 4 is 5.97 Å². The Bertz CT molecular complexity index is 465. The fraction of sp³-hybridized carbons (Fsp3) is 0.714. The van der Waals surface area contributed by atoms with Crippen LogP contribution in [0.25, 0.3) is 0 Å². The van der Waals surface area contributed by atoms with Crippen LogP contribution in [0.15, 0.2) is 10.7 Å². The molecule has 0 radical (unpaired) electrons. The van der Waals surface area contributed by atoms with Gasteiger partial charge in [0.25, 0.3) is 0 Å². The molecule has 0 saturated heterocycles. The monoisotopic (exact) mass is 247 g/mol. The maximum Gasteiger partial charge on any atom is 0.357 e. The van der Waals surface area contributed by atoms with Gasteiger partial charge in [0.05, 0.1) is 0 Å². The highest BCUT2D eigenvalue weighted by Crippen LogP contribution is 2.59. The van der Waals surface area contributed by atoms with Crippen molar-refractivity contribution in [2.45, 2.75) is 38.0 Å². The summed E-state index contributed by atoms with van der Waals surface area (Å²) in [6.07, 6.45) is 7.89. The predicted molar refractivity (Wildman–Crippen MR) is 63.2 cm³/mol. The van der Waals surface area contributed by atoms with Crippen LogP contribution >= 0.6 is 0 Å². The van der Waals surface area contributed by atoms with Crippen LogP contribution in [0, 0.1) is 23.7 Å². The normalized spacial score (nSPS) is 41.2. The van der Waals surface area contributed by atoms with Gasteiger partial charge in [-0.3, -0.25) is 0 Å². The van der Waals surface area contributed by atoms with E-state index >= 15 is 0 Å². The molecule has 1 heterocycles. The maximum absolute atomic E-state index is 10.9. The summed E-state index contributed by atoms with van der Waals surface area (Å²) in [4.78, 5) is 15.1. The number of rotatable bonds is 2. The molecule has 0 spiro atoms. The largest absolute Gasteiger partial charge is 0.476 e. The van der Waals surface area contributed by atoms with Crippen LogP contribution in [0.3, 0.4) is 0 Å². The van der Waals surface area contributed by atoms with Crippen molar-refractivity contribution < 1.29 is 14.3 Å². The molecule has 4 nitrogen and oxygen atoms in total. The SMILES string of the molecule is O=C(O)c1coc(C2C3CC4CC(C3)CC2C4)n1. The van der Waals surface area contributed by atoms with Crippen molar-refractivity contribution in [1.29, 1.82) is 0 Å². The molecule has 4 heteroatoms. The van der Waals surface area contributed by atoms with Crippen molar-refractivity contribution in [1.82, 2.24) is 4.98 Å². The van der Waals surface area contributed by atoms with E-state index in [0.717, 1.165) is 11.8 Å². The highest BCUT2D eigenvalue weighted by atomic mass is 16.4. The predicted octanol–water partition coefficient (Wildman–Crippen LogP) is 2.91. The number of carboxylic acids is 1. The first-order chi connectivity index (χ1) is 8.70. The highest BCUT2D eigenvalue weighted by molar-refractivity contribution is 5.84. The second kappa shape index (κ2) is 3.59. The second-order valence-corrected chi connectivity index (χ2v) is 6.33. The average molecular weight is 247 g/mol. The Morgan fingerprint density at radius 2 is 1.78 bits per heavy atom. The summed E-state index contributed by atoms with van der Waals surface area (Å²) in [5.74, 6) is 3.26. The average Bonchev–Trinajstić information content (AvgIpc) is 2.77. The highest BCUT2D eigenvalue weighted by Gasteiger charge is 2.50. The molecule has 4 aliphatic carbocycles. The summed E-state index contributed by atoms with van der Waals surface area (Å²) < 4.78 is 5.46. The van der Waals surface area contributed by atoms with Crippen molar-refractivity contribution in [3.63, 3.8) is 0 Å². The Kier molecular flexibility index (Phi) is 2.11. The van der Waals surface area contributed by atoms with E-state index in [1.54, 1.807) is 0 Å². The van der Waals surface area contributed by atoms with Crippen LogP contribution in [0.4, 0.5) is 0 Å². The minimum atomic E-state index is -0.992. The first-order valence-electron chi connectivity index (χ1n) is 6.89. The van der Waals surface area contributed by atoms with E-state index in [9.17, 15) is 4.79 Å². The minimum absolute atomic E-state index is 0.0545. The van der Waals surface area contributed by atoms with Gasteiger partial charge in [0.1, 0.15) is 6.26 Å². The van der Waals surface area contributed by atoms with Gasteiger partial charge in [0, 0.05) is 5.92 Å². The van der Waals surface area contributed by atoms with Gasteiger partial charge >= 0.3 is 5.97 Å². The zero-order chi connectivity index (χ0) is 12.3. The van der Waals surface area contributed by atoms with Crippen LogP contribution in [0.5, 0.6) is 0 Å². The van der Waals surface area contributed by atoms with E-state index < -0.39 is 5.97 Å². The van der Waals surface area contributed by atoms with Crippen LogP contribution in [0.1, 0.15) is 54.4 Å². The van der Waals surface area contributed by atoms with Gasteiger partial charge in [-0.15, -0.1) is 0 Å². The molecule has 1 aromatic heterocycles. The summed E-state index contributed by atoms with van der Waals surface area (Å²) in [6, 6.07) is 0. The topological polar surface area (TPSA) is 63.3 Å². The maximum atomic E-state index is 10.9.